The molecule has 0 fully saturated rings. The second-order valence-corrected chi connectivity index (χ2v) is 3.41. The van der Waals surface area contributed by atoms with Crippen molar-refractivity contribution in [3.63, 3.8) is 0 Å². The molecule has 0 aromatic carbocycles. The molecule has 5 heteroatoms. The second kappa shape index (κ2) is 2.93. The van der Waals surface area contributed by atoms with Crippen LogP contribution in [0.4, 0.5) is 0 Å². The first-order valence-corrected chi connectivity index (χ1v) is 4.10. The van der Waals surface area contributed by atoms with Crippen LogP contribution in [0.15, 0.2) is 0 Å². The van der Waals surface area contributed by atoms with Gasteiger partial charge in [0.1, 0.15) is 6.29 Å². The average Bonchev–Trinajstić information content (AvgIpc) is 1.62. The number of sulfonamides is 1. The molecule has 0 aliphatic rings. The van der Waals surface area contributed by atoms with Gasteiger partial charge in [0.2, 0.25) is 10.0 Å². The predicted octanol–water partition coefficient (Wildman–Crippen LogP) is -1.06. The highest BCUT2D eigenvalue weighted by Crippen LogP contribution is 1.77. The smallest absolute Gasteiger partial charge is 0.209 e. The molecule has 53 valence electrons. The minimum atomic E-state index is -3.28. The van der Waals surface area contributed by atoms with E-state index in [0.29, 0.717) is 6.29 Å². The summed E-state index contributed by atoms with van der Waals surface area (Å²) in [7, 11) is -3.28. The van der Waals surface area contributed by atoms with Gasteiger partial charge in [-0.15, -0.1) is 0 Å². The van der Waals surface area contributed by atoms with E-state index in [9.17, 15) is 13.2 Å². The average molecular weight is 150 g/mol. The van der Waals surface area contributed by atoms with Gasteiger partial charge in [-0.05, 0) is 6.92 Å². The third-order valence-corrected chi connectivity index (χ3v) is 1.26. The molecule has 9 heavy (non-hydrogen) atoms. The SMILES string of the molecule is [CH2]C(C=O)NS(C)(=O)=O. The molecule has 1 N–H and O–H groups in total. The van der Waals surface area contributed by atoms with E-state index in [4.69, 9.17) is 0 Å². The molecule has 0 bridgehead atoms. The van der Waals surface area contributed by atoms with Crippen LogP contribution in [-0.2, 0) is 14.8 Å². The summed E-state index contributed by atoms with van der Waals surface area (Å²) in [6.07, 6.45) is 1.38. The van der Waals surface area contributed by atoms with Gasteiger partial charge in [0.05, 0.1) is 12.3 Å². The topological polar surface area (TPSA) is 63.2 Å². The van der Waals surface area contributed by atoms with Crippen LogP contribution in [0.5, 0.6) is 0 Å². The molecular formula is C4H8NO3S. The molecule has 0 aliphatic carbocycles. The number of nitrogens with one attached hydrogen (secondary N) is 1. The minimum absolute atomic E-state index is 0.418. The first-order valence-electron chi connectivity index (χ1n) is 2.21. The monoisotopic (exact) mass is 150 g/mol. The maximum Gasteiger partial charge on any atom is 0.209 e. The Morgan fingerprint density at radius 2 is 2.11 bits per heavy atom. The molecule has 1 atom stereocenters. The van der Waals surface area contributed by atoms with E-state index in [-0.39, 0.29) is 0 Å². The summed E-state index contributed by atoms with van der Waals surface area (Å²) in [5.41, 5.74) is 0. The van der Waals surface area contributed by atoms with Gasteiger partial charge in [0, 0.05) is 0 Å². The first-order chi connectivity index (χ1) is 3.95. The van der Waals surface area contributed by atoms with Gasteiger partial charge in [0.25, 0.3) is 0 Å². The summed E-state index contributed by atoms with van der Waals surface area (Å²) in [6.45, 7) is 3.18. The summed E-state index contributed by atoms with van der Waals surface area (Å²) in [6, 6.07) is -0.875. The maximum absolute atomic E-state index is 10.3. The summed E-state index contributed by atoms with van der Waals surface area (Å²) in [4.78, 5) is 9.79. The van der Waals surface area contributed by atoms with Crippen LogP contribution in [-0.4, -0.2) is 27.0 Å². The summed E-state index contributed by atoms with van der Waals surface area (Å²) in [5, 5.41) is 0. The number of rotatable bonds is 3. The highest BCUT2D eigenvalue weighted by atomic mass is 32.2. The lowest BCUT2D eigenvalue weighted by atomic mass is 10.4. The van der Waals surface area contributed by atoms with E-state index in [1.807, 2.05) is 4.72 Å². The second-order valence-electron chi connectivity index (χ2n) is 1.63. The number of hydrogen-bond donors (Lipinski definition) is 1. The summed E-state index contributed by atoms with van der Waals surface area (Å²) in [5.74, 6) is 0. The van der Waals surface area contributed by atoms with E-state index in [0.717, 1.165) is 6.26 Å². The zero-order chi connectivity index (χ0) is 7.49. The predicted molar refractivity (Wildman–Crippen MR) is 33.2 cm³/mol. The van der Waals surface area contributed by atoms with Crippen molar-refractivity contribution in [2.75, 3.05) is 6.26 Å². The Morgan fingerprint density at radius 3 is 2.22 bits per heavy atom. The quantitative estimate of drug-likeness (QED) is 0.521. The Bertz CT molecular complexity index is 184. The Hall–Kier alpha value is -0.420. The van der Waals surface area contributed by atoms with E-state index in [1.165, 1.54) is 0 Å². The zero-order valence-electron chi connectivity index (χ0n) is 4.99. The van der Waals surface area contributed by atoms with Crippen molar-refractivity contribution in [3.8, 4) is 0 Å². The zero-order valence-corrected chi connectivity index (χ0v) is 5.81. The molecule has 0 aromatic heterocycles. The lowest BCUT2D eigenvalue weighted by molar-refractivity contribution is -0.108. The number of carbonyl (C=O) groups is 1. The van der Waals surface area contributed by atoms with Gasteiger partial charge in [-0.25, -0.2) is 13.1 Å². The van der Waals surface area contributed by atoms with Crippen LogP contribution in [0.3, 0.4) is 0 Å². The van der Waals surface area contributed by atoms with Gasteiger partial charge in [-0.1, -0.05) is 0 Å². The van der Waals surface area contributed by atoms with Crippen molar-refractivity contribution in [1.82, 2.24) is 4.72 Å². The molecule has 0 heterocycles. The molecule has 0 saturated carbocycles. The van der Waals surface area contributed by atoms with Crippen molar-refractivity contribution in [3.05, 3.63) is 6.92 Å². The summed E-state index contributed by atoms with van der Waals surface area (Å²) < 4.78 is 22.5. The van der Waals surface area contributed by atoms with Crippen LogP contribution < -0.4 is 4.72 Å². The van der Waals surface area contributed by atoms with Crippen molar-refractivity contribution >= 4 is 16.3 Å². The highest BCUT2D eigenvalue weighted by molar-refractivity contribution is 7.88. The van der Waals surface area contributed by atoms with Crippen molar-refractivity contribution in [2.24, 2.45) is 0 Å². The maximum atomic E-state index is 10.3. The lowest BCUT2D eigenvalue weighted by Crippen LogP contribution is -2.32. The van der Waals surface area contributed by atoms with Gasteiger partial charge in [-0.2, -0.15) is 0 Å². The number of hydrogen-bond acceptors (Lipinski definition) is 3. The molecule has 0 amide bonds. The van der Waals surface area contributed by atoms with Crippen LogP contribution in [0.1, 0.15) is 0 Å². The van der Waals surface area contributed by atoms with Crippen molar-refractivity contribution < 1.29 is 13.2 Å². The van der Waals surface area contributed by atoms with Crippen LogP contribution in [0.2, 0.25) is 0 Å². The van der Waals surface area contributed by atoms with E-state index in [1.54, 1.807) is 0 Å². The van der Waals surface area contributed by atoms with Gasteiger partial charge < -0.3 is 4.79 Å². The standard InChI is InChI=1S/C4H8NO3S/c1-4(3-6)5-9(2,7)8/h3-5H,1H2,2H3. The molecule has 0 rings (SSSR count). The van der Waals surface area contributed by atoms with Crippen molar-refractivity contribution in [2.45, 2.75) is 6.04 Å². The molecule has 0 aliphatic heterocycles. The molecule has 1 unspecified atom stereocenters. The van der Waals surface area contributed by atoms with E-state index < -0.39 is 16.1 Å². The van der Waals surface area contributed by atoms with Crippen molar-refractivity contribution in [1.29, 1.82) is 0 Å². The van der Waals surface area contributed by atoms with Gasteiger partial charge in [-0.3, -0.25) is 0 Å². The summed E-state index contributed by atoms with van der Waals surface area (Å²) >= 11 is 0. The molecule has 4 nitrogen and oxygen atoms in total. The van der Waals surface area contributed by atoms with Crippen LogP contribution >= 0.6 is 0 Å². The fourth-order valence-corrected chi connectivity index (χ4v) is 0.908. The molecular weight excluding hydrogens is 142 g/mol. The highest BCUT2D eigenvalue weighted by Gasteiger charge is 2.05. The van der Waals surface area contributed by atoms with Crippen LogP contribution in [0.25, 0.3) is 0 Å². The van der Waals surface area contributed by atoms with E-state index >= 15 is 0 Å². The molecule has 1 radical (unpaired) electrons. The third kappa shape index (κ3) is 5.45. The normalized spacial score (nSPS) is 14.9. The van der Waals surface area contributed by atoms with Crippen LogP contribution in [0, 0.1) is 6.92 Å². The molecule has 0 saturated heterocycles. The minimum Gasteiger partial charge on any atom is -0.302 e. The number of aldehydes is 1. The van der Waals surface area contributed by atoms with Gasteiger partial charge in [0.15, 0.2) is 0 Å². The number of carbonyl (C=O) groups excluding carboxylic acids is 1. The fraction of sp³-hybridized carbons (Fsp3) is 0.500. The largest absolute Gasteiger partial charge is 0.302 e. The third-order valence-electron chi connectivity index (χ3n) is 0.530. The Morgan fingerprint density at radius 1 is 1.67 bits per heavy atom. The Labute approximate surface area is 54.3 Å². The first kappa shape index (κ1) is 8.58. The fourth-order valence-electron chi connectivity index (χ4n) is 0.303. The van der Waals surface area contributed by atoms with Gasteiger partial charge >= 0.3 is 0 Å². The Kier molecular flexibility index (Phi) is 2.80. The lowest BCUT2D eigenvalue weighted by Gasteiger charge is -2.01. The molecule has 0 aromatic rings. The van der Waals surface area contributed by atoms with E-state index in [2.05, 4.69) is 6.92 Å². The molecule has 0 spiro atoms. The Balaban J connectivity index is 3.89.